The minimum Gasteiger partial charge on any atom is -0.397 e. The fourth-order valence-corrected chi connectivity index (χ4v) is 5.26. The molecule has 0 radical (unpaired) electrons. The van der Waals surface area contributed by atoms with Crippen LogP contribution >= 0.6 is 34.3 Å². The predicted molar refractivity (Wildman–Crippen MR) is 123 cm³/mol. The van der Waals surface area contributed by atoms with Gasteiger partial charge in [-0.25, -0.2) is 4.98 Å². The maximum atomic E-state index is 13.1. The van der Waals surface area contributed by atoms with Crippen LogP contribution in [0.3, 0.4) is 0 Å². The molecule has 0 aliphatic carbocycles. The number of nitrogens with zero attached hydrogens (tertiary/aromatic N) is 1. The molecule has 5 nitrogen and oxygen atoms in total. The second kappa shape index (κ2) is 8.51. The molecule has 8 heteroatoms. The third-order valence-corrected chi connectivity index (χ3v) is 6.83. The van der Waals surface area contributed by atoms with Crippen molar-refractivity contribution in [3.05, 3.63) is 64.0 Å². The molecule has 0 unspecified atom stereocenters. The first-order valence-corrected chi connectivity index (χ1v) is 10.9. The highest BCUT2D eigenvalue weighted by molar-refractivity contribution is 7.23. The van der Waals surface area contributed by atoms with E-state index in [4.69, 9.17) is 27.1 Å². The number of anilines is 2. The van der Waals surface area contributed by atoms with Crippen molar-refractivity contribution in [3.63, 3.8) is 0 Å². The lowest BCUT2D eigenvalue weighted by atomic mass is 10.1. The number of aromatic nitrogens is 1. The summed E-state index contributed by atoms with van der Waals surface area (Å²) in [7, 11) is 1.65. The van der Waals surface area contributed by atoms with Crippen molar-refractivity contribution in [2.45, 2.75) is 0 Å². The largest absolute Gasteiger partial charge is 0.397 e. The van der Waals surface area contributed by atoms with Gasteiger partial charge in [0.2, 0.25) is 5.78 Å². The van der Waals surface area contributed by atoms with Gasteiger partial charge in [-0.15, -0.1) is 22.7 Å². The Morgan fingerprint density at radius 3 is 2.66 bits per heavy atom. The second-order valence-corrected chi connectivity index (χ2v) is 8.78. The number of thiazole rings is 1. The normalized spacial score (nSPS) is 11.1. The van der Waals surface area contributed by atoms with Crippen molar-refractivity contribution in [3.8, 4) is 10.6 Å². The Balaban J connectivity index is 1.80. The minimum atomic E-state index is -0.133. The molecule has 0 atom stereocenters. The second-order valence-electron chi connectivity index (χ2n) is 6.29. The summed E-state index contributed by atoms with van der Waals surface area (Å²) in [6.45, 7) is 1.14. The van der Waals surface area contributed by atoms with E-state index in [9.17, 15) is 4.79 Å². The molecule has 0 amide bonds. The molecule has 2 aromatic heterocycles. The van der Waals surface area contributed by atoms with Gasteiger partial charge in [0.05, 0.1) is 28.1 Å². The van der Waals surface area contributed by atoms with Crippen molar-refractivity contribution < 1.29 is 9.53 Å². The molecule has 0 fully saturated rings. The smallest absolute Gasteiger partial charge is 0.205 e. The first-order chi connectivity index (χ1) is 14.1. The summed E-state index contributed by atoms with van der Waals surface area (Å²) in [5.74, 6) is -0.133. The third kappa shape index (κ3) is 4.00. The molecule has 0 bridgehead atoms. The number of halogens is 1. The van der Waals surface area contributed by atoms with Gasteiger partial charge in [-0.1, -0.05) is 23.7 Å². The number of hydrogen-bond donors (Lipinski definition) is 2. The number of nitrogens with one attached hydrogen (secondary N) is 1. The molecule has 29 heavy (non-hydrogen) atoms. The Morgan fingerprint density at radius 2 is 1.93 bits per heavy atom. The van der Waals surface area contributed by atoms with E-state index in [1.807, 2.05) is 24.3 Å². The van der Waals surface area contributed by atoms with E-state index >= 15 is 0 Å². The highest BCUT2D eigenvalue weighted by Gasteiger charge is 2.25. The zero-order valence-corrected chi connectivity index (χ0v) is 18.0. The monoisotopic (exact) mass is 443 g/mol. The lowest BCUT2D eigenvalue weighted by Crippen LogP contribution is -2.07. The number of nitrogen functional groups attached to an aromatic ring is 1. The Bertz CT molecular complexity index is 1140. The van der Waals surface area contributed by atoms with Gasteiger partial charge in [0.15, 0.2) is 0 Å². The number of methoxy groups -OCH3 is 1. The molecule has 0 spiro atoms. The van der Waals surface area contributed by atoms with E-state index in [2.05, 4.69) is 5.32 Å². The topological polar surface area (TPSA) is 77.2 Å². The highest BCUT2D eigenvalue weighted by atomic mass is 35.5. The molecular weight excluding hydrogens is 426 g/mol. The van der Waals surface area contributed by atoms with Crippen LogP contribution in [0.5, 0.6) is 0 Å². The minimum absolute atomic E-state index is 0.133. The van der Waals surface area contributed by atoms with E-state index in [-0.39, 0.29) is 5.78 Å². The first kappa shape index (κ1) is 19.8. The summed E-state index contributed by atoms with van der Waals surface area (Å²) in [5, 5.41) is 5.52. The van der Waals surface area contributed by atoms with Crippen LogP contribution in [-0.2, 0) is 4.74 Å². The zero-order chi connectivity index (χ0) is 20.4. The van der Waals surface area contributed by atoms with Gasteiger partial charge < -0.3 is 15.8 Å². The first-order valence-electron chi connectivity index (χ1n) is 8.89. The maximum Gasteiger partial charge on any atom is 0.205 e. The van der Waals surface area contributed by atoms with Gasteiger partial charge in [-0.3, -0.25) is 4.79 Å². The van der Waals surface area contributed by atoms with Crippen molar-refractivity contribution in [2.24, 2.45) is 0 Å². The van der Waals surface area contributed by atoms with Crippen LogP contribution < -0.4 is 11.1 Å². The third-order valence-electron chi connectivity index (χ3n) is 4.36. The number of para-hydroxylation sites is 1. The van der Waals surface area contributed by atoms with Gasteiger partial charge in [0.1, 0.15) is 14.9 Å². The molecule has 0 saturated carbocycles. The molecule has 4 rings (SSSR count). The lowest BCUT2D eigenvalue weighted by Gasteiger charge is -2.05. The van der Waals surface area contributed by atoms with Gasteiger partial charge in [0, 0.05) is 24.2 Å². The molecule has 0 aliphatic rings. The van der Waals surface area contributed by atoms with Crippen LogP contribution in [0.1, 0.15) is 15.2 Å². The van der Waals surface area contributed by atoms with Crippen molar-refractivity contribution in [2.75, 3.05) is 31.3 Å². The fourth-order valence-electron chi connectivity index (χ4n) is 2.93. The summed E-state index contributed by atoms with van der Waals surface area (Å²) in [6, 6.07) is 14.7. The number of ether oxygens (including phenoxy) is 1. The summed E-state index contributed by atoms with van der Waals surface area (Å²) in [6.07, 6.45) is 0. The van der Waals surface area contributed by atoms with Crippen LogP contribution in [0.4, 0.5) is 10.7 Å². The number of ketones is 1. The van der Waals surface area contributed by atoms with Crippen molar-refractivity contribution >= 4 is 61.0 Å². The number of hydrogen-bond acceptors (Lipinski definition) is 7. The van der Waals surface area contributed by atoms with Crippen LogP contribution in [0.25, 0.3) is 20.8 Å². The summed E-state index contributed by atoms with van der Waals surface area (Å²) in [4.78, 5) is 18.3. The molecule has 148 valence electrons. The van der Waals surface area contributed by atoms with Crippen LogP contribution in [0.15, 0.2) is 48.5 Å². The molecular formula is C21H18ClN3O2S2. The number of fused-ring (bicyclic) bond motifs is 1. The van der Waals surface area contributed by atoms with Gasteiger partial charge in [-0.05, 0) is 36.4 Å². The molecule has 3 N–H and O–H groups in total. The van der Waals surface area contributed by atoms with E-state index < -0.39 is 0 Å². The maximum absolute atomic E-state index is 13.1. The van der Waals surface area contributed by atoms with Crippen molar-refractivity contribution in [1.82, 2.24) is 4.98 Å². The van der Waals surface area contributed by atoms with Crippen LogP contribution in [0, 0.1) is 0 Å². The molecule has 0 saturated heterocycles. The SMILES string of the molecule is COCCNc1sc(C(=O)c2ccc(Cl)cc2)c(N)c1-c1nc2ccccc2s1. The number of carbonyl (C=O) groups excluding carboxylic acids is 1. The number of carbonyl (C=O) groups is 1. The Labute approximate surface area is 181 Å². The van der Waals surface area contributed by atoms with E-state index in [1.165, 1.54) is 11.3 Å². The summed E-state index contributed by atoms with van der Waals surface area (Å²) < 4.78 is 6.21. The van der Waals surface area contributed by atoms with E-state index in [0.29, 0.717) is 34.3 Å². The van der Waals surface area contributed by atoms with E-state index in [1.54, 1.807) is 42.7 Å². The average Bonchev–Trinajstić information content (AvgIpc) is 3.28. The van der Waals surface area contributed by atoms with Gasteiger partial charge >= 0.3 is 0 Å². The molecule has 2 heterocycles. The highest BCUT2D eigenvalue weighted by Crippen LogP contribution is 2.46. The number of thiophene rings is 1. The molecule has 2 aromatic carbocycles. The lowest BCUT2D eigenvalue weighted by molar-refractivity contribution is 0.104. The van der Waals surface area contributed by atoms with Crippen LogP contribution in [-0.4, -0.2) is 31.0 Å². The fraction of sp³-hybridized carbons (Fsp3) is 0.143. The van der Waals surface area contributed by atoms with Gasteiger partial charge in [0.25, 0.3) is 0 Å². The summed E-state index contributed by atoms with van der Waals surface area (Å²) in [5.41, 5.74) is 9.15. The number of rotatable bonds is 7. The number of nitrogens with two attached hydrogens (primary N) is 1. The zero-order valence-electron chi connectivity index (χ0n) is 15.6. The average molecular weight is 444 g/mol. The Kier molecular flexibility index (Phi) is 5.82. The van der Waals surface area contributed by atoms with Crippen LogP contribution in [0.2, 0.25) is 5.02 Å². The Hall–Kier alpha value is -2.45. The predicted octanol–water partition coefficient (Wildman–Crippen LogP) is 5.55. The van der Waals surface area contributed by atoms with Crippen molar-refractivity contribution in [1.29, 1.82) is 0 Å². The quantitative estimate of drug-likeness (QED) is 0.289. The number of benzene rings is 2. The molecule has 0 aliphatic heterocycles. The standard InChI is InChI=1S/C21H18ClN3O2S2/c1-27-11-10-24-20-16(21-25-14-4-2-3-5-15(14)28-21)17(23)19(29-20)18(26)12-6-8-13(22)9-7-12/h2-9,24H,10-11,23H2,1H3. The Morgan fingerprint density at radius 1 is 1.17 bits per heavy atom. The summed E-state index contributed by atoms with van der Waals surface area (Å²) >= 11 is 8.85. The van der Waals surface area contributed by atoms with Gasteiger partial charge in [-0.2, -0.15) is 0 Å². The van der Waals surface area contributed by atoms with E-state index in [0.717, 1.165) is 25.8 Å². The molecule has 4 aromatic rings.